The Hall–Kier alpha value is -1.47. The molecule has 0 spiro atoms. The molecule has 1 unspecified atom stereocenters. The van der Waals surface area contributed by atoms with Gasteiger partial charge in [-0.1, -0.05) is 62.3 Å². The van der Waals surface area contributed by atoms with Crippen molar-refractivity contribution < 1.29 is 27.6 Å². The van der Waals surface area contributed by atoms with Crippen LogP contribution in [0.2, 0.25) is 0 Å². The molecule has 1 aromatic carbocycles. The molecule has 1 aromatic rings. The van der Waals surface area contributed by atoms with E-state index in [1.165, 1.54) is 14.2 Å². The molecule has 0 heterocycles. The molecule has 32 heavy (non-hydrogen) atoms. The molecule has 0 aliphatic heterocycles. The van der Waals surface area contributed by atoms with Crippen molar-refractivity contribution in [3.8, 4) is 17.2 Å². The van der Waals surface area contributed by atoms with E-state index in [1.807, 2.05) is 0 Å². The fourth-order valence-electron chi connectivity index (χ4n) is 6.31. The summed E-state index contributed by atoms with van der Waals surface area (Å²) in [6.07, 6.45) is 1.69. The molecule has 0 aliphatic rings. The van der Waals surface area contributed by atoms with Gasteiger partial charge in [0.1, 0.15) is 5.75 Å². The van der Waals surface area contributed by atoms with Gasteiger partial charge in [-0.25, -0.2) is 0 Å². The van der Waals surface area contributed by atoms with E-state index in [2.05, 4.69) is 62.3 Å². The fourth-order valence-corrected chi connectivity index (χ4v) is 7.07. The molecular weight excluding hydrogens is 428 g/mol. The van der Waals surface area contributed by atoms with E-state index in [0.717, 1.165) is 12.8 Å². The summed E-state index contributed by atoms with van der Waals surface area (Å²) in [7, 11) is -2.07. The molecule has 0 saturated carbocycles. The number of phenolic OH excluding ortho intramolecular Hbond substituents is 1. The van der Waals surface area contributed by atoms with E-state index in [9.17, 15) is 18.1 Å². The van der Waals surface area contributed by atoms with Gasteiger partial charge in [0.15, 0.2) is 16.4 Å². The van der Waals surface area contributed by atoms with Crippen LogP contribution in [0.5, 0.6) is 17.2 Å². The predicted molar refractivity (Wildman–Crippen MR) is 130 cm³/mol. The quantitative estimate of drug-likeness (QED) is 0.394. The molecule has 7 heteroatoms. The lowest BCUT2D eigenvalue weighted by molar-refractivity contribution is 0.0763. The maximum Gasteiger partial charge on any atom is 0.302 e. The SMILES string of the molecule is COc1c(C)c(C(C(C)(C)CC(C)C)C(C)(C)CC(C)(C)C)c(O)c(S(=O)(=O)O)c1OC. The number of benzene rings is 1. The Bertz CT molecular complexity index is 921. The Morgan fingerprint density at radius 2 is 1.38 bits per heavy atom. The summed E-state index contributed by atoms with van der Waals surface area (Å²) in [6.45, 7) is 21.3. The van der Waals surface area contributed by atoms with Crippen molar-refractivity contribution >= 4 is 10.1 Å². The normalized spacial score (nSPS) is 14.6. The van der Waals surface area contributed by atoms with Gasteiger partial charge in [-0.05, 0) is 47.8 Å². The molecule has 1 atom stereocenters. The molecule has 0 aromatic heterocycles. The molecule has 0 fully saturated rings. The van der Waals surface area contributed by atoms with E-state index < -0.39 is 20.8 Å². The van der Waals surface area contributed by atoms with Crippen LogP contribution in [0.25, 0.3) is 0 Å². The standard InChI is InChI=1S/C25H44O6S/c1-15(2)13-24(7,8)22(25(9,10)14-23(4,5)6)17-16(3)19(30-11)20(31-12)21(18(17)26)32(27,28)29/h15,22,26H,13-14H2,1-12H3,(H,27,28,29). The smallest absolute Gasteiger partial charge is 0.302 e. The monoisotopic (exact) mass is 472 g/mol. The van der Waals surface area contributed by atoms with E-state index in [4.69, 9.17) is 9.47 Å². The summed E-state index contributed by atoms with van der Waals surface area (Å²) in [5.74, 6) is -0.308. The lowest BCUT2D eigenvalue weighted by Gasteiger charge is -2.49. The minimum atomic E-state index is -4.79. The van der Waals surface area contributed by atoms with Crippen LogP contribution < -0.4 is 9.47 Å². The molecule has 0 radical (unpaired) electrons. The van der Waals surface area contributed by atoms with Crippen molar-refractivity contribution in [2.24, 2.45) is 22.2 Å². The highest BCUT2D eigenvalue weighted by molar-refractivity contribution is 7.86. The number of hydrogen-bond donors (Lipinski definition) is 2. The Balaban J connectivity index is 4.20. The third kappa shape index (κ3) is 6.10. The van der Waals surface area contributed by atoms with Crippen molar-refractivity contribution in [3.05, 3.63) is 11.1 Å². The van der Waals surface area contributed by atoms with E-state index >= 15 is 0 Å². The van der Waals surface area contributed by atoms with Crippen LogP contribution >= 0.6 is 0 Å². The maximum absolute atomic E-state index is 12.4. The first-order valence-electron chi connectivity index (χ1n) is 11.2. The minimum absolute atomic E-state index is 0.00161. The molecule has 0 bridgehead atoms. The van der Waals surface area contributed by atoms with Gasteiger partial charge in [0, 0.05) is 11.1 Å². The first kappa shape index (κ1) is 28.6. The number of methoxy groups -OCH3 is 2. The minimum Gasteiger partial charge on any atom is -0.506 e. The number of hydrogen-bond acceptors (Lipinski definition) is 5. The van der Waals surface area contributed by atoms with Crippen molar-refractivity contribution in [1.82, 2.24) is 0 Å². The Labute approximate surface area is 195 Å². The highest BCUT2D eigenvalue weighted by Gasteiger charge is 2.47. The van der Waals surface area contributed by atoms with Crippen molar-refractivity contribution in [2.45, 2.75) is 92.9 Å². The molecule has 2 N–H and O–H groups in total. The van der Waals surface area contributed by atoms with Gasteiger partial charge in [-0.15, -0.1) is 0 Å². The Kier molecular flexibility index (Phi) is 8.40. The number of ether oxygens (including phenoxy) is 2. The van der Waals surface area contributed by atoms with Crippen molar-refractivity contribution in [3.63, 3.8) is 0 Å². The third-order valence-electron chi connectivity index (χ3n) is 6.07. The third-order valence-corrected chi connectivity index (χ3v) is 6.96. The average molecular weight is 473 g/mol. The summed E-state index contributed by atoms with van der Waals surface area (Å²) in [6, 6.07) is 0. The van der Waals surface area contributed by atoms with Gasteiger partial charge in [0.2, 0.25) is 0 Å². The lowest BCUT2D eigenvalue weighted by Crippen LogP contribution is -2.38. The van der Waals surface area contributed by atoms with Crippen LogP contribution in [-0.2, 0) is 10.1 Å². The van der Waals surface area contributed by atoms with Gasteiger partial charge < -0.3 is 14.6 Å². The summed E-state index contributed by atoms with van der Waals surface area (Å²) >= 11 is 0. The van der Waals surface area contributed by atoms with Crippen LogP contribution in [0, 0.1) is 29.1 Å². The van der Waals surface area contributed by atoms with Gasteiger partial charge in [0.25, 0.3) is 0 Å². The van der Waals surface area contributed by atoms with Crippen LogP contribution in [0.15, 0.2) is 4.90 Å². The molecule has 0 saturated heterocycles. The zero-order chi connectivity index (χ0) is 25.4. The molecule has 0 aliphatic carbocycles. The van der Waals surface area contributed by atoms with Gasteiger partial charge in [-0.3, -0.25) is 4.55 Å². The van der Waals surface area contributed by atoms with Crippen molar-refractivity contribution in [1.29, 1.82) is 0 Å². The lowest BCUT2D eigenvalue weighted by atomic mass is 9.56. The summed E-state index contributed by atoms with van der Waals surface area (Å²) in [4.78, 5) is -0.644. The highest BCUT2D eigenvalue weighted by Crippen LogP contribution is 2.60. The van der Waals surface area contributed by atoms with Gasteiger partial charge >= 0.3 is 10.1 Å². The van der Waals surface area contributed by atoms with Gasteiger partial charge in [-0.2, -0.15) is 8.42 Å². The first-order chi connectivity index (χ1) is 14.2. The summed E-state index contributed by atoms with van der Waals surface area (Å²) < 4.78 is 45.5. The van der Waals surface area contributed by atoms with Crippen LogP contribution in [0.1, 0.15) is 92.2 Å². The van der Waals surface area contributed by atoms with E-state index in [1.54, 1.807) is 6.92 Å². The summed E-state index contributed by atoms with van der Waals surface area (Å²) in [5, 5.41) is 11.4. The highest BCUT2D eigenvalue weighted by atomic mass is 32.2. The number of rotatable bonds is 9. The van der Waals surface area contributed by atoms with E-state index in [0.29, 0.717) is 17.0 Å². The van der Waals surface area contributed by atoms with Crippen LogP contribution in [0.3, 0.4) is 0 Å². The molecular formula is C25H44O6S. The number of phenols is 1. The summed E-state index contributed by atoms with van der Waals surface area (Å²) in [5.41, 5.74) is 0.464. The second kappa shape index (κ2) is 9.41. The average Bonchev–Trinajstić information content (AvgIpc) is 2.52. The Morgan fingerprint density at radius 3 is 1.72 bits per heavy atom. The molecule has 186 valence electrons. The van der Waals surface area contributed by atoms with Crippen LogP contribution in [0.4, 0.5) is 0 Å². The second-order valence-corrected chi connectivity index (χ2v) is 13.4. The van der Waals surface area contributed by atoms with Crippen LogP contribution in [-0.4, -0.2) is 32.3 Å². The first-order valence-corrected chi connectivity index (χ1v) is 12.6. The number of aromatic hydroxyl groups is 1. The molecule has 0 amide bonds. The molecule has 6 nitrogen and oxygen atoms in total. The zero-order valence-electron chi connectivity index (χ0n) is 22.0. The van der Waals surface area contributed by atoms with E-state index in [-0.39, 0.29) is 33.7 Å². The largest absolute Gasteiger partial charge is 0.506 e. The van der Waals surface area contributed by atoms with Crippen molar-refractivity contribution in [2.75, 3.05) is 14.2 Å². The predicted octanol–water partition coefficient (Wildman–Crippen LogP) is 6.58. The second-order valence-electron chi connectivity index (χ2n) is 12.0. The molecule has 1 rings (SSSR count). The topological polar surface area (TPSA) is 93.1 Å². The van der Waals surface area contributed by atoms with Gasteiger partial charge in [0.05, 0.1) is 14.2 Å². The maximum atomic E-state index is 12.4. The Morgan fingerprint density at radius 1 is 0.906 bits per heavy atom. The fraction of sp³-hybridized carbons (Fsp3) is 0.760. The zero-order valence-corrected chi connectivity index (χ0v) is 22.8.